The minimum atomic E-state index is -0.190. The zero-order valence-corrected chi connectivity index (χ0v) is 25.3. The van der Waals surface area contributed by atoms with Gasteiger partial charge in [-0.2, -0.15) is 0 Å². The lowest BCUT2D eigenvalue weighted by molar-refractivity contribution is 0.660. The number of anilines is 3. The zero-order chi connectivity index (χ0) is 30.1. The lowest BCUT2D eigenvalue weighted by Gasteiger charge is -2.28. The number of fused-ring (bicyclic) bond motifs is 7. The first-order valence-corrected chi connectivity index (χ1v) is 15.6. The normalized spacial score (nSPS) is 13.3. The van der Waals surface area contributed by atoms with E-state index in [9.17, 15) is 0 Å². The fourth-order valence-corrected chi connectivity index (χ4v) is 7.48. The molecule has 1 aliphatic carbocycles. The summed E-state index contributed by atoms with van der Waals surface area (Å²) in [6.07, 6.45) is 1.87. The molecule has 9 rings (SSSR count). The molecule has 3 heteroatoms. The van der Waals surface area contributed by atoms with Crippen molar-refractivity contribution in [1.29, 1.82) is 0 Å². The van der Waals surface area contributed by atoms with Gasteiger partial charge in [0.1, 0.15) is 5.82 Å². The average molecular weight is 578 g/mol. The molecule has 0 aliphatic heterocycles. The van der Waals surface area contributed by atoms with Gasteiger partial charge in [0.05, 0.1) is 16.7 Å². The second-order valence-corrected chi connectivity index (χ2v) is 12.5. The van der Waals surface area contributed by atoms with E-state index in [1.165, 1.54) is 60.5 Å². The smallest absolute Gasteiger partial charge is 0.137 e. The number of nitrogens with zero attached hydrogens (tertiary/aromatic N) is 3. The Hall–Kier alpha value is -5.67. The van der Waals surface area contributed by atoms with Crippen LogP contribution < -0.4 is 4.90 Å². The molecular formula is C42H31N3. The molecule has 45 heavy (non-hydrogen) atoms. The first-order chi connectivity index (χ1) is 22.1. The Morgan fingerprint density at radius 3 is 1.91 bits per heavy atom. The van der Waals surface area contributed by atoms with Gasteiger partial charge in [-0.05, 0) is 82.2 Å². The van der Waals surface area contributed by atoms with Gasteiger partial charge in [0.25, 0.3) is 0 Å². The van der Waals surface area contributed by atoms with Crippen molar-refractivity contribution in [1.82, 2.24) is 9.55 Å². The van der Waals surface area contributed by atoms with Gasteiger partial charge in [0, 0.05) is 39.1 Å². The Kier molecular flexibility index (Phi) is 5.54. The maximum Gasteiger partial charge on any atom is 0.137 e. The van der Waals surface area contributed by atoms with Crippen molar-refractivity contribution in [3.05, 3.63) is 163 Å². The first-order valence-electron chi connectivity index (χ1n) is 15.6. The van der Waals surface area contributed by atoms with E-state index in [0.717, 1.165) is 17.2 Å². The van der Waals surface area contributed by atoms with E-state index in [4.69, 9.17) is 4.98 Å². The van der Waals surface area contributed by atoms with Crippen molar-refractivity contribution >= 4 is 49.8 Å². The topological polar surface area (TPSA) is 21.1 Å². The maximum atomic E-state index is 4.82. The lowest BCUT2D eigenvalue weighted by atomic mass is 9.82. The summed E-state index contributed by atoms with van der Waals surface area (Å²) in [7, 11) is 0. The van der Waals surface area contributed by atoms with Crippen LogP contribution in [-0.2, 0) is 5.41 Å². The highest BCUT2D eigenvalue weighted by Gasteiger charge is 2.36. The molecule has 0 spiro atoms. The van der Waals surface area contributed by atoms with Crippen LogP contribution >= 0.6 is 0 Å². The molecule has 0 fully saturated rings. The van der Waals surface area contributed by atoms with Gasteiger partial charge in [0.15, 0.2) is 0 Å². The van der Waals surface area contributed by atoms with E-state index in [1.807, 2.05) is 12.3 Å². The Labute approximate surface area is 262 Å². The minimum absolute atomic E-state index is 0.190. The predicted molar refractivity (Wildman–Crippen MR) is 188 cm³/mol. The van der Waals surface area contributed by atoms with Crippen LogP contribution in [0.1, 0.15) is 25.0 Å². The Morgan fingerprint density at radius 1 is 0.556 bits per heavy atom. The Balaban J connectivity index is 1.21. The van der Waals surface area contributed by atoms with Gasteiger partial charge < -0.3 is 4.57 Å². The summed E-state index contributed by atoms with van der Waals surface area (Å²) in [5.74, 6) is 0.899. The van der Waals surface area contributed by atoms with Crippen molar-refractivity contribution < 1.29 is 0 Å². The number of hydrogen-bond donors (Lipinski definition) is 0. The van der Waals surface area contributed by atoms with E-state index in [2.05, 4.69) is 163 Å². The molecule has 8 aromatic rings. The van der Waals surface area contributed by atoms with E-state index < -0.39 is 0 Å². The van der Waals surface area contributed by atoms with Crippen LogP contribution in [0.15, 0.2) is 152 Å². The first kappa shape index (κ1) is 25.8. The molecule has 1 aliphatic rings. The van der Waals surface area contributed by atoms with E-state index in [-0.39, 0.29) is 5.41 Å². The van der Waals surface area contributed by atoms with Crippen molar-refractivity contribution in [2.75, 3.05) is 4.90 Å². The molecule has 2 aromatic heterocycles. The lowest BCUT2D eigenvalue weighted by Crippen LogP contribution is -2.17. The monoisotopic (exact) mass is 577 g/mol. The summed E-state index contributed by atoms with van der Waals surface area (Å²) < 4.78 is 2.42. The SMILES string of the molecule is CC1(C)c2cc(N(c3ccccn3)c3cccc4ccccc34)ccc2-c2ccc(-n3c4ccccc4c4ccccc43)cc21. The number of pyridine rings is 1. The van der Waals surface area contributed by atoms with Gasteiger partial charge >= 0.3 is 0 Å². The molecule has 3 nitrogen and oxygen atoms in total. The molecule has 0 saturated heterocycles. The second-order valence-electron chi connectivity index (χ2n) is 12.5. The van der Waals surface area contributed by atoms with E-state index in [1.54, 1.807) is 0 Å². The minimum Gasteiger partial charge on any atom is -0.309 e. The molecule has 2 heterocycles. The third-order valence-electron chi connectivity index (χ3n) is 9.63. The van der Waals surface area contributed by atoms with Gasteiger partial charge in [0.2, 0.25) is 0 Å². The summed E-state index contributed by atoms with van der Waals surface area (Å²) in [6.45, 7) is 4.72. The van der Waals surface area contributed by atoms with Crippen LogP contribution in [0.3, 0.4) is 0 Å². The van der Waals surface area contributed by atoms with Crippen molar-refractivity contribution in [3.8, 4) is 16.8 Å². The molecule has 0 unspecified atom stereocenters. The van der Waals surface area contributed by atoms with Crippen LogP contribution in [0.5, 0.6) is 0 Å². The summed E-state index contributed by atoms with van der Waals surface area (Å²) >= 11 is 0. The fourth-order valence-electron chi connectivity index (χ4n) is 7.48. The molecule has 0 radical (unpaired) electrons. The highest BCUT2D eigenvalue weighted by atomic mass is 15.2. The van der Waals surface area contributed by atoms with Gasteiger partial charge in [-0.1, -0.05) is 105 Å². The zero-order valence-electron chi connectivity index (χ0n) is 25.3. The van der Waals surface area contributed by atoms with E-state index in [0.29, 0.717) is 0 Å². The standard InChI is InChI=1S/C42H31N3/c1-42(2)36-26-29(44-39-17-7-5-15-34(39)35-16-6-8-18-40(35)44)21-23-32(36)33-24-22-30(27-37(33)42)45(41-20-9-10-25-43-41)38-19-11-13-28-12-3-4-14-31(28)38/h3-27H,1-2H3. The number of rotatable bonds is 4. The molecule has 0 bridgehead atoms. The van der Waals surface area contributed by atoms with Crippen LogP contribution in [0.4, 0.5) is 17.2 Å². The molecule has 0 N–H and O–H groups in total. The molecule has 6 aromatic carbocycles. The van der Waals surface area contributed by atoms with Crippen molar-refractivity contribution in [3.63, 3.8) is 0 Å². The fraction of sp³-hybridized carbons (Fsp3) is 0.0714. The van der Waals surface area contributed by atoms with Crippen LogP contribution in [0, 0.1) is 0 Å². The third-order valence-corrected chi connectivity index (χ3v) is 9.63. The molecule has 214 valence electrons. The predicted octanol–water partition coefficient (Wildman–Crippen LogP) is 11.1. The van der Waals surface area contributed by atoms with Crippen molar-refractivity contribution in [2.24, 2.45) is 0 Å². The van der Waals surface area contributed by atoms with Gasteiger partial charge in [-0.15, -0.1) is 0 Å². The van der Waals surface area contributed by atoms with E-state index >= 15 is 0 Å². The molecule has 0 saturated carbocycles. The summed E-state index contributed by atoms with van der Waals surface area (Å²) in [5.41, 5.74) is 11.0. The quantitative estimate of drug-likeness (QED) is 0.207. The largest absolute Gasteiger partial charge is 0.309 e. The van der Waals surface area contributed by atoms with Crippen LogP contribution in [-0.4, -0.2) is 9.55 Å². The average Bonchev–Trinajstić information content (AvgIpc) is 3.54. The number of aromatic nitrogens is 2. The molecule has 0 amide bonds. The maximum absolute atomic E-state index is 4.82. The number of benzene rings is 6. The Bertz CT molecular complexity index is 2360. The van der Waals surface area contributed by atoms with Crippen LogP contribution in [0.2, 0.25) is 0 Å². The molecule has 0 atom stereocenters. The van der Waals surface area contributed by atoms with Crippen LogP contribution in [0.25, 0.3) is 49.4 Å². The van der Waals surface area contributed by atoms with Gasteiger partial charge in [-0.25, -0.2) is 4.98 Å². The highest BCUT2D eigenvalue weighted by molar-refractivity contribution is 6.09. The third kappa shape index (κ3) is 3.80. The number of para-hydroxylation sites is 2. The number of hydrogen-bond acceptors (Lipinski definition) is 2. The second kappa shape index (κ2) is 9.67. The Morgan fingerprint density at radius 2 is 1.18 bits per heavy atom. The van der Waals surface area contributed by atoms with Crippen molar-refractivity contribution in [2.45, 2.75) is 19.3 Å². The summed E-state index contributed by atoms with van der Waals surface area (Å²) in [6, 6.07) is 52.6. The molecular weight excluding hydrogens is 546 g/mol. The summed E-state index contributed by atoms with van der Waals surface area (Å²) in [4.78, 5) is 7.12. The highest BCUT2D eigenvalue weighted by Crippen LogP contribution is 2.51. The summed E-state index contributed by atoms with van der Waals surface area (Å²) in [5, 5.41) is 4.97. The van der Waals surface area contributed by atoms with Gasteiger partial charge in [-0.3, -0.25) is 4.90 Å².